The van der Waals surface area contributed by atoms with Crippen LogP contribution in [0.5, 0.6) is 5.75 Å². The van der Waals surface area contributed by atoms with Crippen molar-refractivity contribution in [3.8, 4) is 5.75 Å². The summed E-state index contributed by atoms with van der Waals surface area (Å²) in [5, 5.41) is 0. The fourth-order valence-electron chi connectivity index (χ4n) is 3.24. The van der Waals surface area contributed by atoms with Gasteiger partial charge in [-0.25, -0.2) is 4.90 Å². The van der Waals surface area contributed by atoms with E-state index >= 15 is 0 Å². The Kier molecular flexibility index (Phi) is 4.24. The number of anilines is 1. The first-order chi connectivity index (χ1) is 12.2. The number of carbonyl (C=O) groups excluding carboxylic acids is 2. The minimum Gasteiger partial charge on any atom is -0.491 e. The SMILES string of the molecule is O=C1c2ccccc2C(=O)N1c1ccc(OCC2CCCCO2)cc1. The highest BCUT2D eigenvalue weighted by atomic mass is 16.5. The fourth-order valence-corrected chi connectivity index (χ4v) is 3.24. The van der Waals surface area contributed by atoms with Crippen LogP contribution < -0.4 is 9.64 Å². The van der Waals surface area contributed by atoms with Crippen molar-refractivity contribution in [2.75, 3.05) is 18.1 Å². The molecule has 2 aliphatic heterocycles. The summed E-state index contributed by atoms with van der Waals surface area (Å²) < 4.78 is 11.4. The normalized spacial score (nSPS) is 19.8. The highest BCUT2D eigenvalue weighted by molar-refractivity contribution is 6.34. The number of hydrogen-bond acceptors (Lipinski definition) is 4. The largest absolute Gasteiger partial charge is 0.491 e. The van der Waals surface area contributed by atoms with E-state index in [1.54, 1.807) is 48.5 Å². The molecule has 0 spiro atoms. The van der Waals surface area contributed by atoms with Gasteiger partial charge in [0, 0.05) is 6.61 Å². The van der Waals surface area contributed by atoms with Crippen LogP contribution >= 0.6 is 0 Å². The Labute approximate surface area is 146 Å². The molecule has 5 nitrogen and oxygen atoms in total. The van der Waals surface area contributed by atoms with Crippen molar-refractivity contribution in [3.63, 3.8) is 0 Å². The quantitative estimate of drug-likeness (QED) is 0.802. The van der Waals surface area contributed by atoms with Crippen LogP contribution in [0.25, 0.3) is 0 Å². The first-order valence-corrected chi connectivity index (χ1v) is 8.56. The summed E-state index contributed by atoms with van der Waals surface area (Å²) in [6.45, 7) is 1.32. The van der Waals surface area contributed by atoms with Crippen molar-refractivity contribution in [2.45, 2.75) is 25.4 Å². The summed E-state index contributed by atoms with van der Waals surface area (Å²) in [5.41, 5.74) is 1.44. The van der Waals surface area contributed by atoms with E-state index in [-0.39, 0.29) is 17.9 Å². The van der Waals surface area contributed by atoms with E-state index in [4.69, 9.17) is 9.47 Å². The van der Waals surface area contributed by atoms with Crippen LogP contribution in [0.3, 0.4) is 0 Å². The molecule has 0 radical (unpaired) electrons. The second kappa shape index (κ2) is 6.69. The van der Waals surface area contributed by atoms with Gasteiger partial charge in [0.25, 0.3) is 11.8 Å². The third-order valence-corrected chi connectivity index (χ3v) is 4.60. The molecular formula is C20H19NO4. The second-order valence-corrected chi connectivity index (χ2v) is 6.28. The third kappa shape index (κ3) is 3.03. The van der Waals surface area contributed by atoms with Gasteiger partial charge in [0.2, 0.25) is 0 Å². The van der Waals surface area contributed by atoms with Gasteiger partial charge in [-0.2, -0.15) is 0 Å². The van der Waals surface area contributed by atoms with Crippen molar-refractivity contribution < 1.29 is 19.1 Å². The molecule has 2 aromatic rings. The molecule has 25 heavy (non-hydrogen) atoms. The van der Waals surface area contributed by atoms with Crippen molar-refractivity contribution in [3.05, 3.63) is 59.7 Å². The predicted octanol–water partition coefficient (Wildman–Crippen LogP) is 3.44. The Balaban J connectivity index is 1.46. The van der Waals surface area contributed by atoms with Gasteiger partial charge in [-0.3, -0.25) is 9.59 Å². The van der Waals surface area contributed by atoms with Gasteiger partial charge < -0.3 is 9.47 Å². The van der Waals surface area contributed by atoms with Crippen molar-refractivity contribution in [1.82, 2.24) is 0 Å². The highest BCUT2D eigenvalue weighted by Gasteiger charge is 2.36. The summed E-state index contributed by atoms with van der Waals surface area (Å²) in [4.78, 5) is 26.2. The smallest absolute Gasteiger partial charge is 0.266 e. The Morgan fingerprint density at radius 3 is 2.24 bits per heavy atom. The number of hydrogen-bond donors (Lipinski definition) is 0. The molecule has 0 N–H and O–H groups in total. The first kappa shape index (κ1) is 15.8. The van der Waals surface area contributed by atoms with Gasteiger partial charge >= 0.3 is 0 Å². The maximum absolute atomic E-state index is 12.5. The zero-order valence-electron chi connectivity index (χ0n) is 13.8. The number of imide groups is 1. The molecule has 1 saturated heterocycles. The lowest BCUT2D eigenvalue weighted by atomic mass is 10.1. The van der Waals surface area contributed by atoms with Crippen LogP contribution in [0.15, 0.2) is 48.5 Å². The van der Waals surface area contributed by atoms with E-state index in [2.05, 4.69) is 0 Å². The van der Waals surface area contributed by atoms with Gasteiger partial charge in [-0.1, -0.05) is 12.1 Å². The molecular weight excluding hydrogens is 318 g/mol. The molecule has 4 rings (SSSR count). The number of fused-ring (bicyclic) bond motifs is 1. The van der Waals surface area contributed by atoms with Crippen LogP contribution in [-0.2, 0) is 4.74 Å². The number of benzene rings is 2. The first-order valence-electron chi connectivity index (χ1n) is 8.56. The monoisotopic (exact) mass is 337 g/mol. The van der Waals surface area contributed by atoms with E-state index in [0.717, 1.165) is 19.4 Å². The van der Waals surface area contributed by atoms with Crippen LogP contribution in [-0.4, -0.2) is 31.1 Å². The molecule has 2 heterocycles. The lowest BCUT2D eigenvalue weighted by Gasteiger charge is -2.22. The molecule has 2 aliphatic rings. The number of ether oxygens (including phenoxy) is 2. The maximum Gasteiger partial charge on any atom is 0.266 e. The van der Waals surface area contributed by atoms with Gasteiger partial charge in [-0.15, -0.1) is 0 Å². The van der Waals surface area contributed by atoms with Crippen molar-refractivity contribution in [1.29, 1.82) is 0 Å². The molecule has 1 atom stereocenters. The Morgan fingerprint density at radius 2 is 1.64 bits per heavy atom. The topological polar surface area (TPSA) is 55.8 Å². The summed E-state index contributed by atoms with van der Waals surface area (Å²) >= 11 is 0. The molecule has 0 aliphatic carbocycles. The molecule has 1 unspecified atom stereocenters. The Hall–Kier alpha value is -2.66. The number of rotatable bonds is 4. The molecule has 2 amide bonds. The Morgan fingerprint density at radius 1 is 0.960 bits per heavy atom. The molecule has 0 saturated carbocycles. The van der Waals surface area contributed by atoms with E-state index in [1.165, 1.54) is 11.3 Å². The van der Waals surface area contributed by atoms with Gasteiger partial charge in [-0.05, 0) is 55.7 Å². The number of nitrogens with zero attached hydrogens (tertiary/aromatic N) is 1. The molecule has 128 valence electrons. The fraction of sp³-hybridized carbons (Fsp3) is 0.300. The number of amides is 2. The van der Waals surface area contributed by atoms with Gasteiger partial charge in [0.05, 0.1) is 22.9 Å². The van der Waals surface area contributed by atoms with E-state index in [1.807, 2.05) is 0 Å². The van der Waals surface area contributed by atoms with Gasteiger partial charge in [0.15, 0.2) is 0 Å². The standard InChI is InChI=1S/C20H19NO4/c22-19-17-6-1-2-7-18(17)20(23)21(19)14-8-10-15(11-9-14)25-13-16-5-3-4-12-24-16/h1-2,6-11,16H,3-5,12-13H2. The zero-order chi connectivity index (χ0) is 17.2. The average molecular weight is 337 g/mol. The predicted molar refractivity (Wildman–Crippen MR) is 93.1 cm³/mol. The van der Waals surface area contributed by atoms with Crippen LogP contribution in [0.1, 0.15) is 40.0 Å². The van der Waals surface area contributed by atoms with Crippen LogP contribution in [0.4, 0.5) is 5.69 Å². The molecule has 0 bridgehead atoms. The maximum atomic E-state index is 12.5. The summed E-state index contributed by atoms with van der Waals surface area (Å²) in [5.74, 6) is 0.129. The zero-order valence-corrected chi connectivity index (χ0v) is 13.8. The van der Waals surface area contributed by atoms with Gasteiger partial charge in [0.1, 0.15) is 12.4 Å². The average Bonchev–Trinajstić information content (AvgIpc) is 2.93. The van der Waals surface area contributed by atoms with Crippen LogP contribution in [0.2, 0.25) is 0 Å². The molecule has 2 aromatic carbocycles. The number of carbonyl (C=O) groups is 2. The van der Waals surface area contributed by atoms with E-state index < -0.39 is 0 Å². The molecule has 0 aromatic heterocycles. The minimum atomic E-state index is -0.287. The Bertz CT molecular complexity index is 759. The summed E-state index contributed by atoms with van der Waals surface area (Å²) in [6.07, 6.45) is 3.45. The van der Waals surface area contributed by atoms with E-state index in [0.29, 0.717) is 29.2 Å². The van der Waals surface area contributed by atoms with Crippen molar-refractivity contribution in [2.24, 2.45) is 0 Å². The minimum absolute atomic E-state index is 0.143. The lowest BCUT2D eigenvalue weighted by Crippen LogP contribution is -2.29. The summed E-state index contributed by atoms with van der Waals surface area (Å²) in [6, 6.07) is 13.9. The highest BCUT2D eigenvalue weighted by Crippen LogP contribution is 2.29. The van der Waals surface area contributed by atoms with Crippen molar-refractivity contribution >= 4 is 17.5 Å². The third-order valence-electron chi connectivity index (χ3n) is 4.60. The lowest BCUT2D eigenvalue weighted by molar-refractivity contribution is -0.0110. The second-order valence-electron chi connectivity index (χ2n) is 6.28. The van der Waals surface area contributed by atoms with E-state index in [9.17, 15) is 9.59 Å². The van der Waals surface area contributed by atoms with Crippen LogP contribution in [0, 0.1) is 0 Å². The molecule has 1 fully saturated rings. The molecule has 5 heteroatoms. The summed E-state index contributed by atoms with van der Waals surface area (Å²) in [7, 11) is 0.